The molecule has 1 rings (SSSR count). The smallest absolute Gasteiger partial charge is 0.318 e. The zero-order chi connectivity index (χ0) is 14.6. The molecule has 0 bridgehead atoms. The second-order valence-electron chi connectivity index (χ2n) is 5.29. The molecule has 108 valence electrons. The van der Waals surface area contributed by atoms with Crippen molar-refractivity contribution in [2.24, 2.45) is 11.1 Å². The number of nitrogens with two attached hydrogens (primary N) is 1. The number of carboxylic acids is 1. The summed E-state index contributed by atoms with van der Waals surface area (Å²) in [5.41, 5.74) is 4.24. The van der Waals surface area contributed by atoms with Crippen LogP contribution in [0.3, 0.4) is 0 Å². The van der Waals surface area contributed by atoms with Crippen LogP contribution in [0.15, 0.2) is 0 Å². The maximum Gasteiger partial charge on any atom is 0.318 e. The van der Waals surface area contributed by atoms with Gasteiger partial charge < -0.3 is 21.1 Å². The van der Waals surface area contributed by atoms with E-state index in [1.54, 1.807) is 13.8 Å². The topological polar surface area (TPSA) is 113 Å². The van der Waals surface area contributed by atoms with E-state index in [1.807, 2.05) is 0 Å². The van der Waals surface area contributed by atoms with E-state index in [1.165, 1.54) is 4.90 Å². The first-order valence-corrected chi connectivity index (χ1v) is 6.35. The zero-order valence-corrected chi connectivity index (χ0v) is 11.3. The van der Waals surface area contributed by atoms with Gasteiger partial charge in [0.1, 0.15) is 6.54 Å². The van der Waals surface area contributed by atoms with Crippen molar-refractivity contribution in [1.29, 1.82) is 0 Å². The Morgan fingerprint density at radius 3 is 2.26 bits per heavy atom. The Morgan fingerprint density at radius 2 is 1.95 bits per heavy atom. The van der Waals surface area contributed by atoms with Gasteiger partial charge in [0.15, 0.2) is 0 Å². The highest BCUT2D eigenvalue weighted by molar-refractivity contribution is 5.84. The Hall–Kier alpha value is -1.79. The van der Waals surface area contributed by atoms with Crippen LogP contribution >= 0.6 is 0 Å². The van der Waals surface area contributed by atoms with Crippen LogP contribution in [-0.4, -0.2) is 47.0 Å². The van der Waals surface area contributed by atoms with Crippen molar-refractivity contribution in [2.45, 2.75) is 39.2 Å². The normalized spacial score (nSPS) is 16.6. The van der Waals surface area contributed by atoms with Gasteiger partial charge in [-0.3, -0.25) is 9.59 Å². The number of hydrogen-bond donors (Lipinski definition) is 3. The van der Waals surface area contributed by atoms with Crippen LogP contribution in [0.1, 0.15) is 33.1 Å². The monoisotopic (exact) mass is 271 g/mol. The number of carboxylic acid groups (broad SMARTS) is 1. The first-order chi connectivity index (χ1) is 8.78. The standard InChI is InChI=1S/C12H21N3O4/c1-8(2)15(6-9(13)16)11(19)14-7-12(10(17)18)4-3-5-12/h8H,3-7H2,1-2H3,(H2,13,16)(H,14,19)(H,17,18). The van der Waals surface area contributed by atoms with Crippen molar-refractivity contribution in [2.75, 3.05) is 13.1 Å². The molecule has 0 heterocycles. The average Bonchev–Trinajstić information content (AvgIpc) is 2.22. The van der Waals surface area contributed by atoms with Crippen LogP contribution in [-0.2, 0) is 9.59 Å². The summed E-state index contributed by atoms with van der Waals surface area (Å²) in [7, 11) is 0. The highest BCUT2D eigenvalue weighted by atomic mass is 16.4. The predicted octanol–water partition coefficient (Wildman–Crippen LogP) is 0.147. The second-order valence-corrected chi connectivity index (χ2v) is 5.29. The molecule has 7 heteroatoms. The predicted molar refractivity (Wildman–Crippen MR) is 68.4 cm³/mol. The molecule has 4 N–H and O–H groups in total. The van der Waals surface area contributed by atoms with E-state index in [-0.39, 0.29) is 19.1 Å². The van der Waals surface area contributed by atoms with E-state index in [0.29, 0.717) is 12.8 Å². The van der Waals surface area contributed by atoms with Gasteiger partial charge in [-0.05, 0) is 26.7 Å². The Labute approximate surface area is 112 Å². The van der Waals surface area contributed by atoms with Gasteiger partial charge in [-0.15, -0.1) is 0 Å². The summed E-state index contributed by atoms with van der Waals surface area (Å²) in [5, 5.41) is 11.7. The molecule has 0 atom stereocenters. The van der Waals surface area contributed by atoms with Gasteiger partial charge in [-0.1, -0.05) is 6.42 Å². The third-order valence-electron chi connectivity index (χ3n) is 3.55. The number of amides is 3. The summed E-state index contributed by atoms with van der Waals surface area (Å²) in [4.78, 5) is 35.3. The number of primary amides is 1. The van der Waals surface area contributed by atoms with Gasteiger partial charge in [-0.25, -0.2) is 4.79 Å². The van der Waals surface area contributed by atoms with Crippen LogP contribution in [0.2, 0.25) is 0 Å². The fourth-order valence-electron chi connectivity index (χ4n) is 2.07. The minimum Gasteiger partial charge on any atom is -0.481 e. The molecule has 1 aliphatic rings. The Bertz CT molecular complexity index is 377. The van der Waals surface area contributed by atoms with Gasteiger partial charge in [0.25, 0.3) is 0 Å². The first kappa shape index (κ1) is 15.3. The van der Waals surface area contributed by atoms with Crippen molar-refractivity contribution in [3.05, 3.63) is 0 Å². The van der Waals surface area contributed by atoms with Gasteiger partial charge in [-0.2, -0.15) is 0 Å². The molecule has 0 aromatic carbocycles. The van der Waals surface area contributed by atoms with Crippen LogP contribution in [0.4, 0.5) is 4.79 Å². The summed E-state index contributed by atoms with van der Waals surface area (Å²) in [6, 6.07) is -0.643. The third kappa shape index (κ3) is 3.59. The number of urea groups is 1. The molecule has 0 spiro atoms. The molecular formula is C12H21N3O4. The van der Waals surface area contributed by atoms with Crippen LogP contribution in [0.5, 0.6) is 0 Å². The van der Waals surface area contributed by atoms with E-state index in [4.69, 9.17) is 10.8 Å². The number of nitrogens with zero attached hydrogens (tertiary/aromatic N) is 1. The first-order valence-electron chi connectivity index (χ1n) is 6.35. The molecule has 0 unspecified atom stereocenters. The van der Waals surface area contributed by atoms with Crippen molar-refractivity contribution in [1.82, 2.24) is 10.2 Å². The second kappa shape index (κ2) is 5.90. The summed E-state index contributed by atoms with van der Waals surface area (Å²) in [6.07, 6.45) is 2.00. The Balaban J connectivity index is 2.57. The number of aliphatic carboxylic acids is 1. The van der Waals surface area contributed by atoms with Crippen LogP contribution in [0, 0.1) is 5.41 Å². The highest BCUT2D eigenvalue weighted by Crippen LogP contribution is 2.40. The maximum atomic E-state index is 11.9. The lowest BCUT2D eigenvalue weighted by molar-refractivity contribution is -0.153. The number of carbonyl (C=O) groups excluding carboxylic acids is 2. The minimum atomic E-state index is -0.884. The summed E-state index contributed by atoms with van der Waals surface area (Å²) in [5.74, 6) is -1.48. The van der Waals surface area contributed by atoms with E-state index in [2.05, 4.69) is 5.32 Å². The fraction of sp³-hybridized carbons (Fsp3) is 0.750. The van der Waals surface area contributed by atoms with E-state index in [9.17, 15) is 14.4 Å². The molecule has 0 aliphatic heterocycles. The van der Waals surface area contributed by atoms with Crippen LogP contribution < -0.4 is 11.1 Å². The zero-order valence-electron chi connectivity index (χ0n) is 11.3. The molecule has 0 radical (unpaired) electrons. The van der Waals surface area contributed by atoms with Crippen molar-refractivity contribution >= 4 is 17.9 Å². The molecule has 0 aromatic heterocycles. The SMILES string of the molecule is CC(C)N(CC(N)=O)C(=O)NCC1(C(=O)O)CCC1. The quantitative estimate of drug-likeness (QED) is 0.638. The summed E-state index contributed by atoms with van der Waals surface area (Å²) >= 11 is 0. The van der Waals surface area contributed by atoms with Crippen LogP contribution in [0.25, 0.3) is 0 Å². The van der Waals surface area contributed by atoms with Gasteiger partial charge in [0.2, 0.25) is 5.91 Å². The third-order valence-corrected chi connectivity index (χ3v) is 3.55. The molecule has 1 aliphatic carbocycles. The highest BCUT2D eigenvalue weighted by Gasteiger charge is 2.44. The van der Waals surface area contributed by atoms with Crippen molar-refractivity contribution in [3.8, 4) is 0 Å². The summed E-state index contributed by atoms with van der Waals surface area (Å²) < 4.78 is 0. The van der Waals surface area contributed by atoms with Gasteiger partial charge in [0.05, 0.1) is 5.41 Å². The van der Waals surface area contributed by atoms with Crippen molar-refractivity contribution < 1.29 is 19.5 Å². The molecular weight excluding hydrogens is 250 g/mol. The molecule has 1 saturated carbocycles. The molecule has 0 saturated heterocycles. The lowest BCUT2D eigenvalue weighted by Gasteiger charge is -2.38. The van der Waals surface area contributed by atoms with Gasteiger partial charge >= 0.3 is 12.0 Å². The molecule has 7 nitrogen and oxygen atoms in total. The van der Waals surface area contributed by atoms with Gasteiger partial charge in [0, 0.05) is 12.6 Å². The number of hydrogen-bond acceptors (Lipinski definition) is 3. The van der Waals surface area contributed by atoms with E-state index < -0.39 is 23.3 Å². The molecule has 0 aromatic rings. The molecule has 19 heavy (non-hydrogen) atoms. The number of rotatable bonds is 6. The summed E-state index contributed by atoms with van der Waals surface area (Å²) in [6.45, 7) is 3.43. The largest absolute Gasteiger partial charge is 0.481 e. The lowest BCUT2D eigenvalue weighted by Crippen LogP contribution is -2.53. The molecule has 3 amide bonds. The Kier molecular flexibility index (Phi) is 4.74. The number of nitrogens with one attached hydrogen (secondary N) is 1. The average molecular weight is 271 g/mol. The van der Waals surface area contributed by atoms with E-state index >= 15 is 0 Å². The van der Waals surface area contributed by atoms with E-state index in [0.717, 1.165) is 6.42 Å². The number of carbonyl (C=O) groups is 3. The maximum absolute atomic E-state index is 11.9. The fourth-order valence-corrected chi connectivity index (χ4v) is 2.07. The Morgan fingerprint density at radius 1 is 1.37 bits per heavy atom. The lowest BCUT2D eigenvalue weighted by atomic mass is 9.69. The van der Waals surface area contributed by atoms with Crippen molar-refractivity contribution in [3.63, 3.8) is 0 Å². The minimum absolute atomic E-state index is 0.0865. The molecule has 1 fully saturated rings.